The number of hydrogen-bond acceptors (Lipinski definition) is 3. The SMILES string of the molecule is C=CC(C)NC(=O)N1CCN(C(C)c2ccsc2)CC1. The van der Waals surface area contributed by atoms with Gasteiger partial charge in [0.25, 0.3) is 0 Å². The summed E-state index contributed by atoms with van der Waals surface area (Å²) in [5.74, 6) is 0. The van der Waals surface area contributed by atoms with Crippen molar-refractivity contribution in [2.45, 2.75) is 25.9 Å². The predicted octanol–water partition coefficient (Wildman–Crippen LogP) is 2.71. The zero-order chi connectivity index (χ0) is 14.5. The van der Waals surface area contributed by atoms with Crippen molar-refractivity contribution in [3.63, 3.8) is 0 Å². The molecule has 1 saturated heterocycles. The molecule has 0 saturated carbocycles. The first-order valence-electron chi connectivity index (χ1n) is 7.06. The van der Waals surface area contributed by atoms with Crippen LogP contribution in [0.3, 0.4) is 0 Å². The molecule has 2 amide bonds. The minimum atomic E-state index is 0.0141. The lowest BCUT2D eigenvalue weighted by Gasteiger charge is -2.38. The molecular formula is C15H23N3OS. The first-order chi connectivity index (χ1) is 9.61. The van der Waals surface area contributed by atoms with Gasteiger partial charge in [-0.3, -0.25) is 4.90 Å². The molecule has 0 radical (unpaired) electrons. The zero-order valence-corrected chi connectivity index (χ0v) is 13.0. The van der Waals surface area contributed by atoms with Crippen molar-refractivity contribution in [3.8, 4) is 0 Å². The summed E-state index contributed by atoms with van der Waals surface area (Å²) < 4.78 is 0. The smallest absolute Gasteiger partial charge is 0.317 e. The van der Waals surface area contributed by atoms with Crippen LogP contribution in [0, 0.1) is 0 Å². The number of urea groups is 1. The summed E-state index contributed by atoms with van der Waals surface area (Å²) in [5, 5.41) is 7.24. The third-order valence-electron chi connectivity index (χ3n) is 3.88. The third-order valence-corrected chi connectivity index (χ3v) is 4.58. The van der Waals surface area contributed by atoms with E-state index in [2.05, 4.69) is 40.5 Å². The molecule has 0 aromatic carbocycles. The summed E-state index contributed by atoms with van der Waals surface area (Å²) in [7, 11) is 0. The normalized spacial score (nSPS) is 19.4. The number of carbonyl (C=O) groups excluding carboxylic acids is 1. The summed E-state index contributed by atoms with van der Waals surface area (Å²) >= 11 is 1.74. The van der Waals surface area contributed by atoms with Crippen LogP contribution in [0.1, 0.15) is 25.5 Å². The molecule has 0 aliphatic carbocycles. The van der Waals surface area contributed by atoms with E-state index < -0.39 is 0 Å². The molecule has 1 fully saturated rings. The quantitative estimate of drug-likeness (QED) is 0.866. The Labute approximate surface area is 125 Å². The van der Waals surface area contributed by atoms with Gasteiger partial charge in [0.05, 0.1) is 0 Å². The van der Waals surface area contributed by atoms with Crippen molar-refractivity contribution in [1.29, 1.82) is 0 Å². The minimum Gasteiger partial charge on any atom is -0.332 e. The molecule has 2 rings (SSSR count). The Hall–Kier alpha value is -1.33. The fourth-order valence-corrected chi connectivity index (χ4v) is 3.13. The Morgan fingerprint density at radius 2 is 2.10 bits per heavy atom. The Morgan fingerprint density at radius 1 is 1.40 bits per heavy atom. The first-order valence-corrected chi connectivity index (χ1v) is 8.00. The topological polar surface area (TPSA) is 35.6 Å². The average molecular weight is 293 g/mol. The van der Waals surface area contributed by atoms with E-state index in [4.69, 9.17) is 0 Å². The van der Waals surface area contributed by atoms with E-state index in [0.29, 0.717) is 6.04 Å². The third kappa shape index (κ3) is 3.61. The summed E-state index contributed by atoms with van der Waals surface area (Å²) in [4.78, 5) is 16.3. The summed E-state index contributed by atoms with van der Waals surface area (Å²) in [6.45, 7) is 11.3. The molecular weight excluding hydrogens is 270 g/mol. The molecule has 0 spiro atoms. The van der Waals surface area contributed by atoms with Crippen molar-refractivity contribution in [3.05, 3.63) is 35.0 Å². The fraction of sp³-hybridized carbons (Fsp3) is 0.533. The lowest BCUT2D eigenvalue weighted by atomic mass is 10.1. The lowest BCUT2D eigenvalue weighted by Crippen LogP contribution is -2.53. The van der Waals surface area contributed by atoms with E-state index in [9.17, 15) is 4.79 Å². The van der Waals surface area contributed by atoms with Gasteiger partial charge in [-0.1, -0.05) is 6.08 Å². The van der Waals surface area contributed by atoms with Gasteiger partial charge < -0.3 is 10.2 Å². The van der Waals surface area contributed by atoms with Crippen molar-refractivity contribution in [1.82, 2.24) is 15.1 Å². The monoisotopic (exact) mass is 293 g/mol. The van der Waals surface area contributed by atoms with E-state index in [1.807, 2.05) is 11.8 Å². The highest BCUT2D eigenvalue weighted by atomic mass is 32.1. The molecule has 1 aliphatic rings. The maximum atomic E-state index is 12.0. The van der Waals surface area contributed by atoms with Gasteiger partial charge in [-0.2, -0.15) is 11.3 Å². The molecule has 2 heterocycles. The predicted molar refractivity (Wildman–Crippen MR) is 84.1 cm³/mol. The highest BCUT2D eigenvalue weighted by Crippen LogP contribution is 2.23. The number of nitrogens with one attached hydrogen (secondary N) is 1. The fourth-order valence-electron chi connectivity index (χ4n) is 2.38. The molecule has 1 aromatic rings. The number of thiophene rings is 1. The molecule has 4 nitrogen and oxygen atoms in total. The second kappa shape index (κ2) is 6.90. The number of rotatable bonds is 4. The van der Waals surface area contributed by atoms with Crippen molar-refractivity contribution in [2.75, 3.05) is 26.2 Å². The second-order valence-electron chi connectivity index (χ2n) is 5.23. The lowest BCUT2D eigenvalue weighted by molar-refractivity contribution is 0.113. The zero-order valence-electron chi connectivity index (χ0n) is 12.2. The molecule has 20 heavy (non-hydrogen) atoms. The standard InChI is InChI=1S/C15H23N3OS/c1-4-12(2)16-15(19)18-8-6-17(7-9-18)13(3)14-5-10-20-11-14/h4-5,10-13H,1,6-9H2,2-3H3,(H,16,19). The number of piperazine rings is 1. The van der Waals surface area contributed by atoms with Crippen LogP contribution in [0.4, 0.5) is 4.79 Å². The van der Waals surface area contributed by atoms with Gasteiger partial charge in [0.15, 0.2) is 0 Å². The Kier molecular flexibility index (Phi) is 5.20. The second-order valence-corrected chi connectivity index (χ2v) is 6.01. The number of amides is 2. The van der Waals surface area contributed by atoms with E-state index in [1.54, 1.807) is 17.4 Å². The molecule has 2 atom stereocenters. The molecule has 5 heteroatoms. The van der Waals surface area contributed by atoms with Gasteiger partial charge in [0.1, 0.15) is 0 Å². The summed E-state index contributed by atoms with van der Waals surface area (Å²) in [6.07, 6.45) is 1.74. The van der Waals surface area contributed by atoms with Crippen molar-refractivity contribution in [2.24, 2.45) is 0 Å². The number of carbonyl (C=O) groups is 1. The van der Waals surface area contributed by atoms with E-state index in [-0.39, 0.29) is 12.1 Å². The van der Waals surface area contributed by atoms with Gasteiger partial charge >= 0.3 is 6.03 Å². The van der Waals surface area contributed by atoms with Crippen LogP contribution in [0.2, 0.25) is 0 Å². The maximum absolute atomic E-state index is 12.0. The van der Waals surface area contributed by atoms with Crippen LogP contribution in [-0.2, 0) is 0 Å². The highest BCUT2D eigenvalue weighted by Gasteiger charge is 2.25. The van der Waals surface area contributed by atoms with Crippen LogP contribution in [0.5, 0.6) is 0 Å². The Balaban J connectivity index is 1.83. The summed E-state index contributed by atoms with van der Waals surface area (Å²) in [6, 6.07) is 2.64. The van der Waals surface area contributed by atoms with Crippen LogP contribution in [0.15, 0.2) is 29.5 Å². The Morgan fingerprint density at radius 3 is 2.65 bits per heavy atom. The van der Waals surface area contributed by atoms with Crippen LogP contribution in [0.25, 0.3) is 0 Å². The largest absolute Gasteiger partial charge is 0.332 e. The van der Waals surface area contributed by atoms with Crippen molar-refractivity contribution >= 4 is 17.4 Å². The Bertz CT molecular complexity index is 438. The molecule has 2 unspecified atom stereocenters. The molecule has 1 aliphatic heterocycles. The molecule has 110 valence electrons. The summed E-state index contributed by atoms with van der Waals surface area (Å²) in [5.41, 5.74) is 1.37. The van der Waals surface area contributed by atoms with E-state index in [1.165, 1.54) is 5.56 Å². The molecule has 1 N–H and O–H groups in total. The number of hydrogen-bond donors (Lipinski definition) is 1. The van der Waals surface area contributed by atoms with Crippen LogP contribution >= 0.6 is 11.3 Å². The van der Waals surface area contributed by atoms with Gasteiger partial charge in [-0.15, -0.1) is 6.58 Å². The average Bonchev–Trinajstić information content (AvgIpc) is 3.00. The van der Waals surface area contributed by atoms with Gasteiger partial charge in [-0.05, 0) is 36.2 Å². The molecule has 1 aromatic heterocycles. The van der Waals surface area contributed by atoms with Crippen LogP contribution < -0.4 is 5.32 Å². The van der Waals surface area contributed by atoms with E-state index >= 15 is 0 Å². The van der Waals surface area contributed by atoms with Crippen molar-refractivity contribution < 1.29 is 4.79 Å². The van der Waals surface area contributed by atoms with Gasteiger partial charge in [0.2, 0.25) is 0 Å². The van der Waals surface area contributed by atoms with Gasteiger partial charge in [-0.25, -0.2) is 4.79 Å². The van der Waals surface area contributed by atoms with E-state index in [0.717, 1.165) is 26.2 Å². The molecule has 0 bridgehead atoms. The highest BCUT2D eigenvalue weighted by molar-refractivity contribution is 7.07. The minimum absolute atomic E-state index is 0.0141. The van der Waals surface area contributed by atoms with Crippen LogP contribution in [-0.4, -0.2) is 48.1 Å². The van der Waals surface area contributed by atoms with Gasteiger partial charge in [0, 0.05) is 38.3 Å². The maximum Gasteiger partial charge on any atom is 0.317 e. The first kappa shape index (κ1) is 15.1. The number of nitrogens with zero attached hydrogens (tertiary/aromatic N) is 2.